The predicted molar refractivity (Wildman–Crippen MR) is 91.5 cm³/mol. The normalized spacial score (nSPS) is 21.3. The largest absolute Gasteiger partial charge is 0.338 e. The van der Waals surface area contributed by atoms with Crippen molar-refractivity contribution in [2.75, 3.05) is 32.0 Å². The number of carbonyl (C=O) groups is 1. The van der Waals surface area contributed by atoms with Gasteiger partial charge in [0.15, 0.2) is 0 Å². The Morgan fingerprint density at radius 1 is 1.35 bits per heavy atom. The molecule has 1 aromatic carbocycles. The first-order valence-corrected chi connectivity index (χ1v) is 8.52. The smallest absolute Gasteiger partial charge is 0.319 e. The van der Waals surface area contributed by atoms with Crippen LogP contribution in [0.5, 0.6) is 0 Å². The quantitative estimate of drug-likeness (QED) is 0.901. The number of benzene rings is 1. The van der Waals surface area contributed by atoms with E-state index >= 15 is 0 Å². The Bertz CT molecular complexity index is 662. The van der Waals surface area contributed by atoms with Crippen molar-refractivity contribution in [2.45, 2.75) is 5.92 Å². The third-order valence-corrected chi connectivity index (χ3v) is 5.14. The molecular formula is C17H20FN3OS. The number of amides is 2. The van der Waals surface area contributed by atoms with Gasteiger partial charge in [-0.1, -0.05) is 12.1 Å². The molecule has 0 radical (unpaired) electrons. The van der Waals surface area contributed by atoms with Crippen molar-refractivity contribution in [3.63, 3.8) is 0 Å². The molecule has 0 unspecified atom stereocenters. The summed E-state index contributed by atoms with van der Waals surface area (Å²) in [7, 11) is 2.10. The molecule has 1 aliphatic heterocycles. The summed E-state index contributed by atoms with van der Waals surface area (Å²) in [6.45, 7) is 2.58. The number of anilines is 1. The van der Waals surface area contributed by atoms with Gasteiger partial charge in [0.1, 0.15) is 5.82 Å². The lowest BCUT2D eigenvalue weighted by Crippen LogP contribution is -2.35. The monoisotopic (exact) mass is 333 g/mol. The zero-order valence-corrected chi connectivity index (χ0v) is 13.8. The highest BCUT2D eigenvalue weighted by molar-refractivity contribution is 7.10. The molecule has 2 atom stereocenters. The van der Waals surface area contributed by atoms with E-state index in [4.69, 9.17) is 0 Å². The molecule has 0 bridgehead atoms. The number of halogens is 1. The molecule has 1 saturated heterocycles. The molecule has 2 aromatic rings. The summed E-state index contributed by atoms with van der Waals surface area (Å²) in [6, 6.07) is 9.83. The number of nitrogens with one attached hydrogen (secondary N) is 2. The van der Waals surface area contributed by atoms with E-state index in [0.717, 1.165) is 13.1 Å². The van der Waals surface area contributed by atoms with Crippen LogP contribution in [0.15, 0.2) is 41.8 Å². The first-order chi connectivity index (χ1) is 11.1. The molecule has 122 valence electrons. The number of hydrogen-bond donors (Lipinski definition) is 2. The van der Waals surface area contributed by atoms with Crippen LogP contribution in [-0.4, -0.2) is 37.6 Å². The minimum atomic E-state index is -0.363. The summed E-state index contributed by atoms with van der Waals surface area (Å²) in [6.07, 6.45) is 0. The van der Waals surface area contributed by atoms with Gasteiger partial charge in [0, 0.05) is 36.1 Å². The van der Waals surface area contributed by atoms with E-state index in [-0.39, 0.29) is 11.8 Å². The number of thiophene rings is 1. The Morgan fingerprint density at radius 2 is 2.22 bits per heavy atom. The highest BCUT2D eigenvalue weighted by atomic mass is 32.1. The van der Waals surface area contributed by atoms with Gasteiger partial charge in [-0.3, -0.25) is 0 Å². The van der Waals surface area contributed by atoms with Crippen molar-refractivity contribution in [3.8, 4) is 0 Å². The molecule has 1 aromatic heterocycles. The zero-order valence-electron chi connectivity index (χ0n) is 13.0. The van der Waals surface area contributed by atoms with Gasteiger partial charge in [-0.15, -0.1) is 11.3 Å². The number of likely N-dealkylation sites (tertiary alicyclic amines) is 1. The molecule has 0 spiro atoms. The molecule has 1 fully saturated rings. The highest BCUT2D eigenvalue weighted by Gasteiger charge is 2.32. The first kappa shape index (κ1) is 16.0. The van der Waals surface area contributed by atoms with Gasteiger partial charge < -0.3 is 15.5 Å². The van der Waals surface area contributed by atoms with Gasteiger partial charge in [-0.05, 0) is 42.6 Å². The van der Waals surface area contributed by atoms with E-state index in [1.54, 1.807) is 23.5 Å². The van der Waals surface area contributed by atoms with Crippen LogP contribution in [0.1, 0.15) is 10.8 Å². The Hall–Kier alpha value is -1.92. The van der Waals surface area contributed by atoms with E-state index in [1.165, 1.54) is 17.0 Å². The lowest BCUT2D eigenvalue weighted by molar-refractivity contribution is 0.249. The minimum absolute atomic E-state index is 0.296. The van der Waals surface area contributed by atoms with Crippen molar-refractivity contribution in [2.24, 2.45) is 5.92 Å². The predicted octanol–water partition coefficient (Wildman–Crippen LogP) is 3.35. The maximum atomic E-state index is 13.1. The van der Waals surface area contributed by atoms with Crippen molar-refractivity contribution < 1.29 is 9.18 Å². The summed E-state index contributed by atoms with van der Waals surface area (Å²) < 4.78 is 13.1. The maximum absolute atomic E-state index is 13.1. The third-order valence-electron chi connectivity index (χ3n) is 4.14. The third kappa shape index (κ3) is 4.09. The van der Waals surface area contributed by atoms with Crippen molar-refractivity contribution >= 4 is 23.1 Å². The number of nitrogens with zero attached hydrogens (tertiary/aromatic N) is 1. The molecule has 2 amide bonds. The molecule has 0 aliphatic carbocycles. The molecule has 2 heterocycles. The second-order valence-electron chi connectivity index (χ2n) is 5.95. The maximum Gasteiger partial charge on any atom is 0.319 e. The summed E-state index contributed by atoms with van der Waals surface area (Å²) in [5, 5.41) is 7.67. The van der Waals surface area contributed by atoms with Crippen molar-refractivity contribution in [3.05, 3.63) is 52.5 Å². The summed E-state index contributed by atoms with van der Waals surface area (Å²) in [5.74, 6) is 0.476. The van der Waals surface area contributed by atoms with Crippen LogP contribution in [0.3, 0.4) is 0 Å². The average molecular weight is 333 g/mol. The van der Waals surface area contributed by atoms with Gasteiger partial charge in [0.25, 0.3) is 0 Å². The molecule has 3 rings (SSSR count). The number of urea groups is 1. The van der Waals surface area contributed by atoms with E-state index in [1.807, 2.05) is 0 Å². The molecule has 23 heavy (non-hydrogen) atoms. The zero-order chi connectivity index (χ0) is 16.2. The van der Waals surface area contributed by atoms with E-state index in [2.05, 4.69) is 40.1 Å². The standard InChI is InChI=1S/C17H20FN3OS/c1-21-10-12(15(11-21)16-6-3-7-23-16)9-19-17(22)20-14-5-2-4-13(18)8-14/h2-8,12,15H,9-11H2,1H3,(H2,19,20,22)/t12-,15+/m0/s1. The Morgan fingerprint density at radius 3 is 2.96 bits per heavy atom. The van der Waals surface area contributed by atoms with Crippen molar-refractivity contribution in [1.29, 1.82) is 0 Å². The van der Waals surface area contributed by atoms with Crippen LogP contribution in [0.2, 0.25) is 0 Å². The fraction of sp³-hybridized carbons (Fsp3) is 0.353. The van der Waals surface area contributed by atoms with E-state index < -0.39 is 0 Å². The SMILES string of the molecule is CN1C[C@H](CNC(=O)Nc2cccc(F)c2)[C@H](c2cccs2)C1. The molecule has 0 saturated carbocycles. The van der Waals surface area contributed by atoms with Gasteiger partial charge in [-0.25, -0.2) is 9.18 Å². The topological polar surface area (TPSA) is 44.4 Å². The van der Waals surface area contributed by atoms with Crippen LogP contribution in [0, 0.1) is 11.7 Å². The van der Waals surface area contributed by atoms with Crippen LogP contribution >= 0.6 is 11.3 Å². The van der Waals surface area contributed by atoms with Gasteiger partial charge in [0.05, 0.1) is 0 Å². The van der Waals surface area contributed by atoms with Crippen LogP contribution in [0.4, 0.5) is 14.9 Å². The minimum Gasteiger partial charge on any atom is -0.338 e. The van der Waals surface area contributed by atoms with Gasteiger partial charge >= 0.3 is 6.03 Å². The van der Waals surface area contributed by atoms with Gasteiger partial charge in [-0.2, -0.15) is 0 Å². The highest BCUT2D eigenvalue weighted by Crippen LogP contribution is 2.34. The molecule has 2 N–H and O–H groups in total. The average Bonchev–Trinajstić information content (AvgIpc) is 3.14. The molecular weight excluding hydrogens is 313 g/mol. The van der Waals surface area contributed by atoms with Gasteiger partial charge in [0.2, 0.25) is 0 Å². The Labute approximate surface area is 139 Å². The molecule has 1 aliphatic rings. The number of rotatable bonds is 4. The first-order valence-electron chi connectivity index (χ1n) is 7.64. The van der Waals surface area contributed by atoms with Crippen LogP contribution in [0.25, 0.3) is 0 Å². The Balaban J connectivity index is 1.55. The molecule has 4 nitrogen and oxygen atoms in total. The second kappa shape index (κ2) is 7.10. The second-order valence-corrected chi connectivity index (χ2v) is 6.93. The van der Waals surface area contributed by atoms with Crippen molar-refractivity contribution in [1.82, 2.24) is 10.2 Å². The van der Waals surface area contributed by atoms with E-state index in [0.29, 0.717) is 24.1 Å². The lowest BCUT2D eigenvalue weighted by atomic mass is 9.94. The number of carbonyl (C=O) groups excluding carboxylic acids is 1. The fourth-order valence-corrected chi connectivity index (χ4v) is 4.00. The van der Waals surface area contributed by atoms with Crippen LogP contribution in [-0.2, 0) is 0 Å². The summed E-state index contributed by atoms with van der Waals surface area (Å²) in [5.41, 5.74) is 0.459. The van der Waals surface area contributed by atoms with Crippen LogP contribution < -0.4 is 10.6 Å². The number of hydrogen-bond acceptors (Lipinski definition) is 3. The Kier molecular flexibility index (Phi) is 4.93. The fourth-order valence-electron chi connectivity index (χ4n) is 3.08. The lowest BCUT2D eigenvalue weighted by Gasteiger charge is -2.18. The number of likely N-dealkylation sites (N-methyl/N-ethyl adjacent to an activating group) is 1. The van der Waals surface area contributed by atoms with E-state index in [9.17, 15) is 9.18 Å². The molecule has 6 heteroatoms. The summed E-state index contributed by atoms with van der Waals surface area (Å²) in [4.78, 5) is 15.7. The summed E-state index contributed by atoms with van der Waals surface area (Å²) >= 11 is 1.77.